The van der Waals surface area contributed by atoms with Gasteiger partial charge in [0.25, 0.3) is 0 Å². The molecule has 2 fully saturated rings. The molecule has 2 atom stereocenters. The van der Waals surface area contributed by atoms with E-state index in [4.69, 9.17) is 11.6 Å². The first-order valence-electron chi connectivity index (χ1n) is 11.3. The fourth-order valence-electron chi connectivity index (χ4n) is 4.37. The van der Waals surface area contributed by atoms with Gasteiger partial charge in [0.05, 0.1) is 12.2 Å². The Balaban J connectivity index is 1.08. The molecule has 172 valence electrons. The van der Waals surface area contributed by atoms with Crippen LogP contribution in [0.15, 0.2) is 55.1 Å². The van der Waals surface area contributed by atoms with Crippen LogP contribution in [0, 0.1) is 11.7 Å². The van der Waals surface area contributed by atoms with Crippen LogP contribution in [0.4, 0.5) is 16.0 Å². The summed E-state index contributed by atoms with van der Waals surface area (Å²) in [5, 5.41) is 6.42. The molecule has 0 aliphatic heterocycles. The molecule has 6 rings (SSSR count). The van der Waals surface area contributed by atoms with Crippen molar-refractivity contribution in [3.8, 4) is 0 Å². The lowest BCUT2D eigenvalue weighted by Crippen LogP contribution is -2.16. The number of aromatic nitrogens is 4. The van der Waals surface area contributed by atoms with E-state index in [1.54, 1.807) is 12.1 Å². The van der Waals surface area contributed by atoms with Crippen LogP contribution >= 0.6 is 11.6 Å². The normalized spacial score (nSPS) is 19.2. The molecule has 2 aliphatic rings. The Labute approximate surface area is 200 Å². The van der Waals surface area contributed by atoms with Crippen LogP contribution in [0.3, 0.4) is 0 Å². The molecule has 0 unspecified atom stereocenters. The predicted molar refractivity (Wildman–Crippen MR) is 127 cm³/mol. The molecule has 0 bridgehead atoms. The van der Waals surface area contributed by atoms with Gasteiger partial charge < -0.3 is 15.0 Å². The SMILES string of the molecule is O=C(Nc1cc(NCc2cn3cc(C4CC4)ccc3n2)ncn1)[C@H]1C[C@@H]1c1cc(F)cc(Cl)c1. The van der Waals surface area contributed by atoms with E-state index in [0.717, 1.165) is 16.9 Å². The van der Waals surface area contributed by atoms with Crippen LogP contribution in [-0.2, 0) is 11.3 Å². The number of fused-ring (bicyclic) bond motifs is 1. The maximum absolute atomic E-state index is 13.6. The number of imidazole rings is 1. The predicted octanol–water partition coefficient (Wildman–Crippen LogP) is 5.15. The number of pyridine rings is 1. The molecule has 0 spiro atoms. The van der Waals surface area contributed by atoms with Gasteiger partial charge in [0.15, 0.2) is 0 Å². The third-order valence-electron chi connectivity index (χ3n) is 6.38. The minimum absolute atomic E-state index is 0.0388. The fourth-order valence-corrected chi connectivity index (χ4v) is 4.60. The van der Waals surface area contributed by atoms with Crippen LogP contribution in [0.25, 0.3) is 5.65 Å². The van der Waals surface area contributed by atoms with Crippen molar-refractivity contribution in [3.63, 3.8) is 0 Å². The largest absolute Gasteiger partial charge is 0.364 e. The Kier molecular flexibility index (Phi) is 5.17. The number of hydrogen-bond acceptors (Lipinski definition) is 5. The second-order valence-corrected chi connectivity index (χ2v) is 9.45. The number of rotatable bonds is 7. The second kappa shape index (κ2) is 8.36. The number of halogens is 2. The highest BCUT2D eigenvalue weighted by Crippen LogP contribution is 2.48. The number of anilines is 2. The Morgan fingerprint density at radius 2 is 1.94 bits per heavy atom. The number of nitrogens with one attached hydrogen (secondary N) is 2. The Morgan fingerprint density at radius 3 is 2.76 bits per heavy atom. The van der Waals surface area contributed by atoms with Gasteiger partial charge in [0, 0.05) is 29.4 Å². The summed E-state index contributed by atoms with van der Waals surface area (Å²) in [6, 6.07) is 10.3. The zero-order valence-electron chi connectivity index (χ0n) is 18.2. The van der Waals surface area contributed by atoms with Gasteiger partial charge in [-0.3, -0.25) is 4.79 Å². The Bertz CT molecular complexity index is 1380. The van der Waals surface area contributed by atoms with Crippen molar-refractivity contribution >= 4 is 34.8 Å². The number of benzene rings is 1. The van der Waals surface area contributed by atoms with E-state index in [2.05, 4.69) is 48.3 Å². The topological polar surface area (TPSA) is 84.2 Å². The van der Waals surface area contributed by atoms with Crippen molar-refractivity contribution in [2.45, 2.75) is 37.6 Å². The van der Waals surface area contributed by atoms with Gasteiger partial charge in [-0.05, 0) is 66.5 Å². The molecule has 34 heavy (non-hydrogen) atoms. The molecule has 3 heterocycles. The quantitative estimate of drug-likeness (QED) is 0.385. The molecule has 3 aromatic heterocycles. The van der Waals surface area contributed by atoms with Gasteiger partial charge in [-0.15, -0.1) is 0 Å². The number of hydrogen-bond donors (Lipinski definition) is 2. The first-order chi connectivity index (χ1) is 16.5. The van der Waals surface area contributed by atoms with E-state index in [1.807, 2.05) is 6.20 Å². The summed E-state index contributed by atoms with van der Waals surface area (Å²) in [6.45, 7) is 0.496. The molecule has 1 amide bonds. The Hall–Kier alpha value is -3.52. The van der Waals surface area contributed by atoms with E-state index in [9.17, 15) is 9.18 Å². The smallest absolute Gasteiger partial charge is 0.229 e. The maximum Gasteiger partial charge on any atom is 0.229 e. The van der Waals surface area contributed by atoms with Crippen molar-refractivity contribution in [1.29, 1.82) is 0 Å². The number of amides is 1. The summed E-state index contributed by atoms with van der Waals surface area (Å²) in [5.41, 5.74) is 3.91. The lowest BCUT2D eigenvalue weighted by atomic mass is 10.1. The molecule has 4 aromatic rings. The molecule has 2 aliphatic carbocycles. The van der Waals surface area contributed by atoms with E-state index >= 15 is 0 Å². The van der Waals surface area contributed by atoms with Gasteiger partial charge in [-0.25, -0.2) is 19.3 Å². The fraction of sp³-hybridized carbons (Fsp3) is 0.280. The summed E-state index contributed by atoms with van der Waals surface area (Å²) >= 11 is 5.94. The second-order valence-electron chi connectivity index (χ2n) is 9.02. The van der Waals surface area contributed by atoms with Gasteiger partial charge in [0.2, 0.25) is 5.91 Å². The third-order valence-corrected chi connectivity index (χ3v) is 6.60. The van der Waals surface area contributed by atoms with Gasteiger partial charge in [-0.1, -0.05) is 17.7 Å². The van der Waals surface area contributed by atoms with Crippen molar-refractivity contribution in [2.24, 2.45) is 5.92 Å². The zero-order valence-corrected chi connectivity index (χ0v) is 19.0. The maximum atomic E-state index is 13.6. The lowest BCUT2D eigenvalue weighted by molar-refractivity contribution is -0.117. The van der Waals surface area contributed by atoms with Crippen LogP contribution in [0.1, 0.15) is 47.9 Å². The van der Waals surface area contributed by atoms with Gasteiger partial charge in [-0.2, -0.15) is 0 Å². The van der Waals surface area contributed by atoms with Crippen molar-refractivity contribution in [1.82, 2.24) is 19.4 Å². The van der Waals surface area contributed by atoms with Crippen LogP contribution in [0.2, 0.25) is 5.02 Å². The van der Waals surface area contributed by atoms with Gasteiger partial charge in [0.1, 0.15) is 29.4 Å². The molecule has 2 saturated carbocycles. The monoisotopic (exact) mass is 476 g/mol. The van der Waals surface area contributed by atoms with E-state index in [1.165, 1.54) is 36.9 Å². The minimum atomic E-state index is -0.394. The standard InChI is InChI=1S/C25H22ClFN6O/c26-17-5-16(6-18(27)7-17)20-8-21(20)25(34)32-23-9-22(29-13-30-23)28-10-19-12-33-11-15(14-1-2-14)3-4-24(33)31-19/h3-7,9,11-14,20-21H,1-2,8,10H2,(H2,28,29,30,32,34)/t20-,21+/m1/s1. The van der Waals surface area contributed by atoms with E-state index in [-0.39, 0.29) is 17.7 Å². The van der Waals surface area contributed by atoms with Crippen molar-refractivity contribution < 1.29 is 9.18 Å². The molecule has 7 nitrogen and oxygen atoms in total. The highest BCUT2D eigenvalue weighted by molar-refractivity contribution is 6.30. The molecule has 1 aromatic carbocycles. The molecule has 0 radical (unpaired) electrons. The number of carbonyl (C=O) groups is 1. The lowest BCUT2D eigenvalue weighted by Gasteiger charge is -2.07. The molecular formula is C25H22ClFN6O. The minimum Gasteiger partial charge on any atom is -0.364 e. The number of nitrogens with zero attached hydrogens (tertiary/aromatic N) is 4. The highest BCUT2D eigenvalue weighted by Gasteiger charge is 2.44. The first-order valence-corrected chi connectivity index (χ1v) is 11.7. The van der Waals surface area contributed by atoms with Crippen LogP contribution in [0.5, 0.6) is 0 Å². The van der Waals surface area contributed by atoms with Crippen molar-refractivity contribution in [2.75, 3.05) is 10.6 Å². The summed E-state index contributed by atoms with van der Waals surface area (Å²) in [7, 11) is 0. The first kappa shape index (κ1) is 21.0. The molecular weight excluding hydrogens is 455 g/mol. The van der Waals surface area contributed by atoms with Crippen LogP contribution < -0.4 is 10.6 Å². The average Bonchev–Trinajstić information content (AvgIpc) is 3.73. The summed E-state index contributed by atoms with van der Waals surface area (Å²) < 4.78 is 15.7. The summed E-state index contributed by atoms with van der Waals surface area (Å²) in [5.74, 6) is 0.877. The average molecular weight is 477 g/mol. The third kappa shape index (κ3) is 4.46. The summed E-state index contributed by atoms with van der Waals surface area (Å²) in [4.78, 5) is 25.7. The molecule has 9 heteroatoms. The zero-order chi connectivity index (χ0) is 23.2. The van der Waals surface area contributed by atoms with Crippen molar-refractivity contribution in [3.05, 3.63) is 82.8 Å². The number of carbonyl (C=O) groups excluding carboxylic acids is 1. The summed E-state index contributed by atoms with van der Waals surface area (Å²) in [6.07, 6.45) is 8.76. The molecule has 2 N–H and O–H groups in total. The van der Waals surface area contributed by atoms with E-state index < -0.39 is 5.82 Å². The molecule has 0 saturated heterocycles. The Morgan fingerprint density at radius 1 is 1.09 bits per heavy atom. The van der Waals surface area contributed by atoms with E-state index in [0.29, 0.717) is 35.5 Å². The van der Waals surface area contributed by atoms with Gasteiger partial charge >= 0.3 is 0 Å². The highest BCUT2D eigenvalue weighted by atomic mass is 35.5. The van der Waals surface area contributed by atoms with Crippen LogP contribution in [-0.4, -0.2) is 25.3 Å².